The smallest absolute Gasteiger partial charge is 0.278 e. The van der Waals surface area contributed by atoms with E-state index >= 15 is 0 Å². The van der Waals surface area contributed by atoms with Gasteiger partial charge in [-0.25, -0.2) is 0 Å². The van der Waals surface area contributed by atoms with Crippen LogP contribution in [0, 0.1) is 11.3 Å². The Morgan fingerprint density at radius 3 is 2.69 bits per heavy atom. The van der Waals surface area contributed by atoms with E-state index in [1.807, 2.05) is 44.4 Å². The second-order valence-electron chi connectivity index (χ2n) is 6.05. The fourth-order valence-electron chi connectivity index (χ4n) is 3.13. The number of hydrogen-bond donors (Lipinski definition) is 1. The van der Waals surface area contributed by atoms with Crippen LogP contribution in [0.3, 0.4) is 0 Å². The molecule has 0 spiro atoms. The summed E-state index contributed by atoms with van der Waals surface area (Å²) >= 11 is 0. The highest BCUT2D eigenvalue weighted by Crippen LogP contribution is 2.27. The Morgan fingerprint density at radius 1 is 1.19 bits per heavy atom. The molecule has 128 valence electrons. The molecule has 0 radical (unpaired) electrons. The van der Waals surface area contributed by atoms with Crippen LogP contribution >= 0.6 is 0 Å². The van der Waals surface area contributed by atoms with Gasteiger partial charge in [-0.05, 0) is 23.6 Å². The van der Waals surface area contributed by atoms with Crippen LogP contribution in [-0.4, -0.2) is 24.4 Å². The van der Waals surface area contributed by atoms with Crippen molar-refractivity contribution in [1.82, 2.24) is 24.4 Å². The van der Waals surface area contributed by atoms with E-state index in [4.69, 9.17) is 0 Å². The normalized spacial score (nSPS) is 11.0. The molecule has 26 heavy (non-hydrogen) atoms. The molecule has 0 saturated heterocycles. The summed E-state index contributed by atoms with van der Waals surface area (Å²) in [5.74, 6) is 0. The first-order valence-corrected chi connectivity index (χ1v) is 8.24. The highest BCUT2D eigenvalue weighted by molar-refractivity contribution is 5.73. The largest absolute Gasteiger partial charge is 0.338 e. The van der Waals surface area contributed by atoms with Gasteiger partial charge in [0.25, 0.3) is 5.56 Å². The first-order valence-electron chi connectivity index (χ1n) is 8.24. The maximum absolute atomic E-state index is 12.8. The molecule has 0 aliphatic carbocycles. The standard InChI is InChI=1S/C19H16N6O/c1-3-16-17(23-18-14(8-20)9-22-25(18)19(16)26)13-6-4-5-12(7-13)15-10-21-24(2)11-15/h4-7,9-11,23H,3H2,1-2H3. The third kappa shape index (κ3) is 2.40. The lowest BCUT2D eigenvalue weighted by Crippen LogP contribution is -2.21. The summed E-state index contributed by atoms with van der Waals surface area (Å²) in [6, 6.07) is 9.98. The molecular formula is C19H16N6O. The van der Waals surface area contributed by atoms with E-state index in [9.17, 15) is 10.1 Å². The molecule has 1 N–H and O–H groups in total. The molecule has 3 aromatic heterocycles. The van der Waals surface area contributed by atoms with E-state index in [1.54, 1.807) is 10.9 Å². The number of rotatable bonds is 3. The van der Waals surface area contributed by atoms with Gasteiger partial charge in [-0.3, -0.25) is 9.48 Å². The molecule has 0 bridgehead atoms. The van der Waals surface area contributed by atoms with Crippen LogP contribution in [0.25, 0.3) is 28.0 Å². The molecule has 0 aliphatic heterocycles. The number of aryl methyl sites for hydroxylation is 1. The van der Waals surface area contributed by atoms with Crippen molar-refractivity contribution in [3.8, 4) is 28.5 Å². The minimum Gasteiger partial charge on any atom is -0.338 e. The van der Waals surface area contributed by atoms with Crippen molar-refractivity contribution in [1.29, 1.82) is 5.26 Å². The summed E-state index contributed by atoms with van der Waals surface area (Å²) in [4.78, 5) is 16.0. The summed E-state index contributed by atoms with van der Waals surface area (Å²) in [5.41, 5.74) is 4.79. The first kappa shape index (κ1) is 15.8. The van der Waals surface area contributed by atoms with Gasteiger partial charge in [-0.15, -0.1) is 0 Å². The molecule has 0 unspecified atom stereocenters. The van der Waals surface area contributed by atoms with Gasteiger partial charge in [0.05, 0.1) is 18.1 Å². The number of aromatic nitrogens is 5. The third-order valence-electron chi connectivity index (χ3n) is 4.43. The fraction of sp³-hybridized carbons (Fsp3) is 0.158. The van der Waals surface area contributed by atoms with Crippen LogP contribution in [-0.2, 0) is 13.5 Å². The number of nitriles is 1. The maximum Gasteiger partial charge on any atom is 0.278 e. The van der Waals surface area contributed by atoms with Crippen LogP contribution in [0.4, 0.5) is 0 Å². The Morgan fingerprint density at radius 2 is 2.00 bits per heavy atom. The van der Waals surface area contributed by atoms with E-state index in [2.05, 4.69) is 21.3 Å². The minimum absolute atomic E-state index is 0.204. The Bertz CT molecular complexity index is 1220. The predicted molar refractivity (Wildman–Crippen MR) is 97.5 cm³/mol. The van der Waals surface area contributed by atoms with Crippen molar-refractivity contribution in [2.24, 2.45) is 7.05 Å². The van der Waals surface area contributed by atoms with Crippen LogP contribution < -0.4 is 5.56 Å². The lowest BCUT2D eigenvalue weighted by Gasteiger charge is -2.10. The van der Waals surface area contributed by atoms with Gasteiger partial charge in [-0.2, -0.15) is 20.0 Å². The summed E-state index contributed by atoms with van der Waals surface area (Å²) < 4.78 is 3.00. The zero-order valence-corrected chi connectivity index (χ0v) is 14.4. The second-order valence-corrected chi connectivity index (χ2v) is 6.05. The second kappa shape index (κ2) is 6.01. The Kier molecular flexibility index (Phi) is 3.66. The topological polar surface area (TPSA) is 91.8 Å². The van der Waals surface area contributed by atoms with Gasteiger partial charge >= 0.3 is 0 Å². The number of hydrogen-bond acceptors (Lipinski definition) is 4. The zero-order valence-electron chi connectivity index (χ0n) is 14.4. The van der Waals surface area contributed by atoms with E-state index in [1.165, 1.54) is 10.7 Å². The zero-order chi connectivity index (χ0) is 18.3. The molecule has 4 aromatic rings. The van der Waals surface area contributed by atoms with Gasteiger partial charge in [0.1, 0.15) is 11.6 Å². The fourth-order valence-corrected chi connectivity index (χ4v) is 3.13. The molecule has 0 amide bonds. The molecule has 0 saturated carbocycles. The van der Waals surface area contributed by atoms with Crippen molar-refractivity contribution in [3.05, 3.63) is 64.3 Å². The van der Waals surface area contributed by atoms with E-state index in [0.717, 1.165) is 16.7 Å². The summed E-state index contributed by atoms with van der Waals surface area (Å²) in [6.07, 6.45) is 5.70. The van der Waals surface area contributed by atoms with Gasteiger partial charge in [0.15, 0.2) is 5.65 Å². The van der Waals surface area contributed by atoms with E-state index in [-0.39, 0.29) is 5.56 Å². The third-order valence-corrected chi connectivity index (χ3v) is 4.43. The van der Waals surface area contributed by atoms with Gasteiger partial charge < -0.3 is 4.98 Å². The summed E-state index contributed by atoms with van der Waals surface area (Å²) in [7, 11) is 1.87. The van der Waals surface area contributed by atoms with Crippen molar-refractivity contribution >= 4 is 5.65 Å². The molecule has 4 rings (SSSR count). The van der Waals surface area contributed by atoms with Crippen LogP contribution in [0.2, 0.25) is 0 Å². The predicted octanol–water partition coefficient (Wildman–Crippen LogP) is 2.52. The number of nitrogens with zero attached hydrogens (tertiary/aromatic N) is 5. The van der Waals surface area contributed by atoms with Crippen LogP contribution in [0.15, 0.2) is 47.7 Å². The number of benzene rings is 1. The Hall–Kier alpha value is -3.66. The van der Waals surface area contributed by atoms with Crippen molar-refractivity contribution in [2.75, 3.05) is 0 Å². The Balaban J connectivity index is 1.97. The quantitative estimate of drug-likeness (QED) is 0.618. The van der Waals surface area contributed by atoms with Crippen molar-refractivity contribution < 1.29 is 0 Å². The first-order chi connectivity index (χ1) is 12.6. The van der Waals surface area contributed by atoms with Gasteiger partial charge in [0.2, 0.25) is 0 Å². The van der Waals surface area contributed by atoms with Crippen molar-refractivity contribution in [3.63, 3.8) is 0 Å². The number of aromatic amines is 1. The molecule has 0 aliphatic rings. The molecule has 3 heterocycles. The minimum atomic E-state index is -0.204. The average molecular weight is 344 g/mol. The monoisotopic (exact) mass is 344 g/mol. The van der Waals surface area contributed by atoms with Crippen LogP contribution in [0.5, 0.6) is 0 Å². The maximum atomic E-state index is 12.8. The number of fused-ring (bicyclic) bond motifs is 1. The molecule has 7 nitrogen and oxygen atoms in total. The number of H-pyrrole nitrogens is 1. The van der Waals surface area contributed by atoms with Crippen LogP contribution in [0.1, 0.15) is 18.1 Å². The van der Waals surface area contributed by atoms with Gasteiger partial charge in [-0.1, -0.05) is 25.1 Å². The lowest BCUT2D eigenvalue weighted by atomic mass is 10.0. The molecule has 0 fully saturated rings. The Labute approximate surface area is 149 Å². The molecule has 7 heteroatoms. The van der Waals surface area contributed by atoms with E-state index in [0.29, 0.717) is 28.9 Å². The van der Waals surface area contributed by atoms with Gasteiger partial charge in [0, 0.05) is 24.4 Å². The van der Waals surface area contributed by atoms with E-state index < -0.39 is 0 Å². The number of nitrogens with one attached hydrogen (secondary N) is 1. The molecule has 0 atom stereocenters. The molecule has 1 aromatic carbocycles. The molecular weight excluding hydrogens is 328 g/mol. The summed E-state index contributed by atoms with van der Waals surface area (Å²) in [6.45, 7) is 1.93. The highest BCUT2D eigenvalue weighted by Gasteiger charge is 2.16. The highest BCUT2D eigenvalue weighted by atomic mass is 16.1. The van der Waals surface area contributed by atoms with Crippen molar-refractivity contribution in [2.45, 2.75) is 13.3 Å². The SMILES string of the molecule is CCc1c(-c2cccc(-c3cnn(C)c3)c2)[nH]c2c(C#N)cnn2c1=O. The average Bonchev–Trinajstić information content (AvgIpc) is 3.28. The lowest BCUT2D eigenvalue weighted by molar-refractivity contribution is 0.768. The summed E-state index contributed by atoms with van der Waals surface area (Å²) in [5, 5.41) is 17.5.